The van der Waals surface area contributed by atoms with Gasteiger partial charge in [0, 0.05) is 68.4 Å². The molecule has 44 heavy (non-hydrogen) atoms. The predicted octanol–water partition coefficient (Wildman–Crippen LogP) is 3.30. The SMILES string of the molecule is CN(CCN(C)C(=O)CCC(C)(C)SSCCOC(=O)Oc1ccc([N+](=O)[O-])cc1)C(=O)CCOCCN1C(=O)C=CC1=O. The summed E-state index contributed by atoms with van der Waals surface area (Å²) in [6.07, 6.45) is 2.61. The molecular formula is C28H38N4O10S2. The molecule has 1 aromatic rings. The average Bonchev–Trinajstić information content (AvgIpc) is 3.30. The van der Waals surface area contributed by atoms with Gasteiger partial charge in [-0.25, -0.2) is 4.79 Å². The Morgan fingerprint density at radius 1 is 0.932 bits per heavy atom. The molecule has 242 valence electrons. The van der Waals surface area contributed by atoms with Crippen LogP contribution in [0.1, 0.15) is 33.1 Å². The third-order valence-electron chi connectivity index (χ3n) is 6.30. The fraction of sp³-hybridized carbons (Fsp3) is 0.536. The first kappa shape index (κ1) is 36.6. The lowest BCUT2D eigenvalue weighted by Crippen LogP contribution is -2.38. The van der Waals surface area contributed by atoms with E-state index >= 15 is 0 Å². The van der Waals surface area contributed by atoms with Gasteiger partial charge in [-0.05, 0) is 32.4 Å². The maximum absolute atomic E-state index is 12.6. The van der Waals surface area contributed by atoms with Gasteiger partial charge in [0.2, 0.25) is 11.8 Å². The molecule has 14 nitrogen and oxygen atoms in total. The molecule has 0 N–H and O–H groups in total. The fourth-order valence-electron chi connectivity index (χ4n) is 3.57. The number of amides is 4. The van der Waals surface area contributed by atoms with Gasteiger partial charge in [0.15, 0.2) is 0 Å². The van der Waals surface area contributed by atoms with Crippen LogP contribution in [0.4, 0.5) is 10.5 Å². The van der Waals surface area contributed by atoms with Gasteiger partial charge < -0.3 is 24.0 Å². The van der Waals surface area contributed by atoms with Crippen molar-refractivity contribution in [2.75, 3.05) is 59.3 Å². The lowest BCUT2D eigenvalue weighted by Gasteiger charge is -2.26. The van der Waals surface area contributed by atoms with Crippen molar-refractivity contribution < 1.29 is 43.1 Å². The van der Waals surface area contributed by atoms with Crippen LogP contribution in [0, 0.1) is 10.1 Å². The van der Waals surface area contributed by atoms with E-state index in [1.165, 1.54) is 52.1 Å². The van der Waals surface area contributed by atoms with Gasteiger partial charge in [-0.3, -0.25) is 34.2 Å². The number of hydrogen-bond acceptors (Lipinski definition) is 12. The Kier molecular flexibility index (Phi) is 15.2. The molecule has 0 fully saturated rings. The standard InChI is InChI=1S/C28H38N4O10S2/c1-28(2,44-43-20-19-41-27(37)42-22-7-5-21(6-8-22)32(38)39)13-11-23(33)29(3)14-15-30(4)24(34)12-17-40-18-16-31-25(35)9-10-26(31)36/h5-10H,11-20H2,1-4H3. The summed E-state index contributed by atoms with van der Waals surface area (Å²) in [5.41, 5.74) is -0.113. The zero-order valence-electron chi connectivity index (χ0n) is 25.2. The van der Waals surface area contributed by atoms with Crippen molar-refractivity contribution in [3.05, 3.63) is 46.5 Å². The number of ether oxygens (including phenoxy) is 3. The van der Waals surface area contributed by atoms with E-state index in [-0.39, 0.29) is 72.6 Å². The van der Waals surface area contributed by atoms with Gasteiger partial charge in [0.1, 0.15) is 12.4 Å². The molecule has 0 aliphatic carbocycles. The highest BCUT2D eigenvalue weighted by molar-refractivity contribution is 8.77. The number of carbonyl (C=O) groups excluding carboxylic acids is 5. The molecule has 0 radical (unpaired) electrons. The van der Waals surface area contributed by atoms with Gasteiger partial charge in [0.05, 0.1) is 31.1 Å². The van der Waals surface area contributed by atoms with Crippen LogP contribution < -0.4 is 4.74 Å². The molecule has 0 bridgehead atoms. The first-order valence-electron chi connectivity index (χ1n) is 13.8. The van der Waals surface area contributed by atoms with Crippen molar-refractivity contribution in [3.63, 3.8) is 0 Å². The summed E-state index contributed by atoms with van der Waals surface area (Å²) in [7, 11) is 6.43. The Bertz CT molecular complexity index is 1190. The number of benzene rings is 1. The summed E-state index contributed by atoms with van der Waals surface area (Å²) < 4.78 is 15.2. The van der Waals surface area contributed by atoms with E-state index in [9.17, 15) is 34.1 Å². The van der Waals surface area contributed by atoms with Crippen LogP contribution in [0.5, 0.6) is 5.75 Å². The van der Waals surface area contributed by atoms with Crippen molar-refractivity contribution in [2.24, 2.45) is 0 Å². The van der Waals surface area contributed by atoms with Crippen LogP contribution in [-0.2, 0) is 28.7 Å². The van der Waals surface area contributed by atoms with Crippen LogP contribution in [0.2, 0.25) is 0 Å². The van der Waals surface area contributed by atoms with Crippen molar-refractivity contribution in [2.45, 2.75) is 37.9 Å². The second kappa shape index (κ2) is 18.2. The van der Waals surface area contributed by atoms with Gasteiger partial charge >= 0.3 is 6.16 Å². The zero-order chi connectivity index (χ0) is 32.7. The number of nitro benzene ring substituents is 1. The van der Waals surface area contributed by atoms with E-state index in [1.54, 1.807) is 29.8 Å². The van der Waals surface area contributed by atoms with E-state index in [4.69, 9.17) is 14.2 Å². The molecule has 4 amide bonds. The number of non-ortho nitro benzene ring substituents is 1. The van der Waals surface area contributed by atoms with Crippen molar-refractivity contribution in [1.29, 1.82) is 0 Å². The van der Waals surface area contributed by atoms with Crippen molar-refractivity contribution in [3.8, 4) is 5.75 Å². The molecule has 0 aromatic heterocycles. The predicted molar refractivity (Wildman–Crippen MR) is 165 cm³/mol. The van der Waals surface area contributed by atoms with E-state index in [0.29, 0.717) is 31.7 Å². The maximum Gasteiger partial charge on any atom is 0.513 e. The van der Waals surface area contributed by atoms with Gasteiger partial charge in [-0.1, -0.05) is 21.6 Å². The molecule has 1 heterocycles. The molecule has 0 unspecified atom stereocenters. The summed E-state index contributed by atoms with van der Waals surface area (Å²) in [5, 5.41) is 10.7. The minimum Gasteiger partial charge on any atom is -0.433 e. The highest BCUT2D eigenvalue weighted by Gasteiger charge is 2.23. The van der Waals surface area contributed by atoms with Crippen LogP contribution in [-0.4, -0.2) is 113 Å². The lowest BCUT2D eigenvalue weighted by atomic mass is 10.1. The van der Waals surface area contributed by atoms with Gasteiger partial charge in [-0.2, -0.15) is 0 Å². The van der Waals surface area contributed by atoms with Crippen LogP contribution in [0.25, 0.3) is 0 Å². The Hall–Kier alpha value is -3.63. The summed E-state index contributed by atoms with van der Waals surface area (Å²) in [5.74, 6) is -0.284. The van der Waals surface area contributed by atoms with Crippen LogP contribution in [0.3, 0.4) is 0 Å². The Labute approximate surface area is 263 Å². The molecule has 16 heteroatoms. The fourth-order valence-corrected chi connectivity index (χ4v) is 5.97. The topological polar surface area (TPSA) is 166 Å². The quantitative estimate of drug-likeness (QED) is 0.0407. The molecule has 1 aromatic carbocycles. The molecule has 0 saturated heterocycles. The summed E-state index contributed by atoms with van der Waals surface area (Å²) in [4.78, 5) is 74.1. The smallest absolute Gasteiger partial charge is 0.433 e. The minimum atomic E-state index is -0.901. The Morgan fingerprint density at radius 3 is 2.11 bits per heavy atom. The molecule has 2 rings (SSSR count). The summed E-state index contributed by atoms with van der Waals surface area (Å²) in [6, 6.07) is 5.08. The van der Waals surface area contributed by atoms with E-state index in [2.05, 4.69) is 0 Å². The Balaban J connectivity index is 1.54. The Morgan fingerprint density at radius 2 is 1.52 bits per heavy atom. The van der Waals surface area contributed by atoms with Gasteiger partial charge in [-0.15, -0.1) is 0 Å². The zero-order valence-corrected chi connectivity index (χ0v) is 26.9. The van der Waals surface area contributed by atoms with E-state index in [0.717, 1.165) is 4.90 Å². The maximum atomic E-state index is 12.6. The number of nitrogens with zero attached hydrogens (tertiary/aromatic N) is 4. The number of hydrogen-bond donors (Lipinski definition) is 0. The highest BCUT2D eigenvalue weighted by Crippen LogP contribution is 2.38. The number of likely N-dealkylation sites (N-methyl/N-ethyl adjacent to an activating group) is 2. The first-order chi connectivity index (χ1) is 20.8. The van der Waals surface area contributed by atoms with Crippen LogP contribution in [0.15, 0.2) is 36.4 Å². The molecular weight excluding hydrogens is 616 g/mol. The number of rotatable bonds is 19. The molecule has 1 aliphatic rings. The average molecular weight is 655 g/mol. The van der Waals surface area contributed by atoms with E-state index in [1.807, 2.05) is 13.8 Å². The van der Waals surface area contributed by atoms with Gasteiger partial charge in [0.25, 0.3) is 17.5 Å². The summed E-state index contributed by atoms with van der Waals surface area (Å²) in [6.45, 7) is 5.34. The molecule has 0 spiro atoms. The normalized spacial score (nSPS) is 12.8. The first-order valence-corrected chi connectivity index (χ1v) is 16.1. The molecule has 0 atom stereocenters. The second-order valence-electron chi connectivity index (χ2n) is 10.3. The monoisotopic (exact) mass is 654 g/mol. The minimum absolute atomic E-state index is 0.0364. The third kappa shape index (κ3) is 13.3. The highest BCUT2D eigenvalue weighted by atomic mass is 33.1. The van der Waals surface area contributed by atoms with Crippen LogP contribution >= 0.6 is 21.6 Å². The van der Waals surface area contributed by atoms with Crippen molar-refractivity contribution in [1.82, 2.24) is 14.7 Å². The number of carbonyl (C=O) groups is 5. The van der Waals surface area contributed by atoms with Crippen molar-refractivity contribution >= 4 is 57.1 Å². The number of imide groups is 1. The lowest BCUT2D eigenvalue weighted by molar-refractivity contribution is -0.384. The van der Waals surface area contributed by atoms with E-state index < -0.39 is 11.1 Å². The molecule has 1 aliphatic heterocycles. The number of nitro groups is 1. The second-order valence-corrected chi connectivity index (χ2v) is 13.4. The summed E-state index contributed by atoms with van der Waals surface area (Å²) >= 11 is 0. The third-order valence-corrected chi connectivity index (χ3v) is 9.62. The molecule has 0 saturated carbocycles. The largest absolute Gasteiger partial charge is 0.513 e.